The highest BCUT2D eigenvalue weighted by atomic mass is 16.5. The molecule has 7 heteroatoms. The van der Waals surface area contributed by atoms with Gasteiger partial charge >= 0.3 is 0 Å². The van der Waals surface area contributed by atoms with Gasteiger partial charge in [0.05, 0.1) is 20.2 Å². The van der Waals surface area contributed by atoms with Crippen LogP contribution in [-0.2, 0) is 16.1 Å². The number of methoxy groups -OCH3 is 1. The summed E-state index contributed by atoms with van der Waals surface area (Å²) < 4.78 is 5.22. The SMILES string of the molecule is COc1ccc(CN2CCN(C(=O)CN(CCC3CCCCC3)CC(N)=O)CC2)cc1. The zero-order chi connectivity index (χ0) is 22.1. The lowest BCUT2D eigenvalue weighted by Crippen LogP contribution is -2.51. The lowest BCUT2D eigenvalue weighted by Gasteiger charge is -2.36. The van der Waals surface area contributed by atoms with Crippen LogP contribution in [-0.4, -0.2) is 79.4 Å². The molecule has 0 spiro atoms. The summed E-state index contributed by atoms with van der Waals surface area (Å²) in [5.74, 6) is 1.33. The first-order valence-electron chi connectivity index (χ1n) is 11.7. The van der Waals surface area contributed by atoms with E-state index < -0.39 is 0 Å². The number of hydrogen-bond donors (Lipinski definition) is 1. The van der Waals surface area contributed by atoms with Crippen molar-refractivity contribution in [2.75, 3.05) is 52.9 Å². The Hall–Kier alpha value is -2.12. The van der Waals surface area contributed by atoms with Crippen LogP contribution in [0.1, 0.15) is 44.1 Å². The first-order chi connectivity index (χ1) is 15.0. The van der Waals surface area contributed by atoms with Gasteiger partial charge in [-0.3, -0.25) is 19.4 Å². The van der Waals surface area contributed by atoms with Crippen molar-refractivity contribution in [2.24, 2.45) is 11.7 Å². The maximum atomic E-state index is 12.9. The predicted molar refractivity (Wildman–Crippen MR) is 122 cm³/mol. The summed E-state index contributed by atoms with van der Waals surface area (Å²) in [5.41, 5.74) is 6.69. The minimum Gasteiger partial charge on any atom is -0.497 e. The van der Waals surface area contributed by atoms with Crippen LogP contribution in [0.4, 0.5) is 0 Å². The summed E-state index contributed by atoms with van der Waals surface area (Å²) in [7, 11) is 1.67. The fourth-order valence-corrected chi connectivity index (χ4v) is 4.71. The molecule has 0 atom stereocenters. The van der Waals surface area contributed by atoms with E-state index in [1.54, 1.807) is 7.11 Å². The molecule has 1 aromatic rings. The number of nitrogens with zero attached hydrogens (tertiary/aromatic N) is 3. The van der Waals surface area contributed by atoms with Gasteiger partial charge in [-0.05, 0) is 36.6 Å². The van der Waals surface area contributed by atoms with Gasteiger partial charge in [0, 0.05) is 32.7 Å². The highest BCUT2D eigenvalue weighted by Crippen LogP contribution is 2.26. The van der Waals surface area contributed by atoms with E-state index in [0.29, 0.717) is 0 Å². The molecule has 1 aliphatic heterocycles. The number of carbonyl (C=O) groups excluding carboxylic acids is 2. The van der Waals surface area contributed by atoms with Gasteiger partial charge in [-0.25, -0.2) is 0 Å². The monoisotopic (exact) mass is 430 g/mol. The number of hydrogen-bond acceptors (Lipinski definition) is 5. The van der Waals surface area contributed by atoms with E-state index in [-0.39, 0.29) is 24.9 Å². The summed E-state index contributed by atoms with van der Waals surface area (Å²) in [5, 5.41) is 0. The third-order valence-electron chi connectivity index (χ3n) is 6.61. The van der Waals surface area contributed by atoms with Crippen molar-refractivity contribution >= 4 is 11.8 Å². The van der Waals surface area contributed by atoms with Crippen LogP contribution in [0.3, 0.4) is 0 Å². The van der Waals surface area contributed by atoms with E-state index in [1.807, 2.05) is 21.9 Å². The Bertz CT molecular complexity index is 695. The first kappa shape index (κ1) is 23.5. The fraction of sp³-hybridized carbons (Fsp3) is 0.667. The molecule has 0 bridgehead atoms. The van der Waals surface area contributed by atoms with Crippen LogP contribution in [0.25, 0.3) is 0 Å². The summed E-state index contributed by atoms with van der Waals surface area (Å²) in [4.78, 5) is 30.6. The zero-order valence-electron chi connectivity index (χ0n) is 18.9. The van der Waals surface area contributed by atoms with Crippen molar-refractivity contribution < 1.29 is 14.3 Å². The van der Waals surface area contributed by atoms with Crippen LogP contribution < -0.4 is 10.5 Å². The quantitative estimate of drug-likeness (QED) is 0.615. The number of benzene rings is 1. The Kier molecular flexibility index (Phi) is 9.15. The van der Waals surface area contributed by atoms with Gasteiger partial charge in [-0.1, -0.05) is 44.2 Å². The molecular formula is C24H38N4O3. The van der Waals surface area contributed by atoms with Crippen LogP contribution in [0, 0.1) is 5.92 Å². The predicted octanol–water partition coefficient (Wildman–Crippen LogP) is 2.10. The normalized spacial score (nSPS) is 18.3. The second kappa shape index (κ2) is 12.1. The summed E-state index contributed by atoms with van der Waals surface area (Å²) in [6.07, 6.45) is 7.55. The Morgan fingerprint density at radius 3 is 2.32 bits per heavy atom. The van der Waals surface area contributed by atoms with Gasteiger partial charge in [0.25, 0.3) is 0 Å². The second-order valence-electron chi connectivity index (χ2n) is 8.97. The molecule has 2 amide bonds. The summed E-state index contributed by atoms with van der Waals surface area (Å²) >= 11 is 0. The Labute approximate surface area is 186 Å². The molecule has 2 N–H and O–H groups in total. The van der Waals surface area contributed by atoms with E-state index in [2.05, 4.69) is 17.0 Å². The maximum Gasteiger partial charge on any atom is 0.236 e. The highest BCUT2D eigenvalue weighted by Gasteiger charge is 2.24. The van der Waals surface area contributed by atoms with Crippen molar-refractivity contribution in [3.63, 3.8) is 0 Å². The minimum absolute atomic E-state index is 0.106. The van der Waals surface area contributed by atoms with Crippen molar-refractivity contribution in [2.45, 2.75) is 45.1 Å². The standard InChI is InChI=1S/C24H38N4O3/c1-31-22-9-7-21(8-10-22)17-26-13-15-28(16-14-26)24(30)19-27(18-23(25)29)12-11-20-5-3-2-4-6-20/h7-10,20H,2-6,11-19H2,1H3,(H2,25,29). The molecule has 1 saturated carbocycles. The molecule has 0 radical (unpaired) electrons. The maximum absolute atomic E-state index is 12.9. The number of ether oxygens (including phenoxy) is 1. The zero-order valence-corrected chi connectivity index (χ0v) is 18.9. The van der Waals surface area contributed by atoms with Crippen LogP contribution >= 0.6 is 0 Å². The van der Waals surface area contributed by atoms with Crippen molar-refractivity contribution in [1.29, 1.82) is 0 Å². The summed E-state index contributed by atoms with van der Waals surface area (Å²) in [6, 6.07) is 8.14. The molecule has 172 valence electrons. The van der Waals surface area contributed by atoms with Gasteiger partial charge in [-0.15, -0.1) is 0 Å². The number of primary amides is 1. The average molecular weight is 431 g/mol. The van der Waals surface area contributed by atoms with Gasteiger partial charge < -0.3 is 15.4 Å². The molecule has 3 rings (SSSR count). The lowest BCUT2D eigenvalue weighted by atomic mass is 9.87. The Morgan fingerprint density at radius 2 is 1.71 bits per heavy atom. The van der Waals surface area contributed by atoms with Crippen LogP contribution in [0.5, 0.6) is 5.75 Å². The van der Waals surface area contributed by atoms with Gasteiger partial charge in [0.15, 0.2) is 0 Å². The third-order valence-corrected chi connectivity index (χ3v) is 6.61. The number of amides is 2. The molecule has 2 aliphatic rings. The largest absolute Gasteiger partial charge is 0.497 e. The molecule has 0 unspecified atom stereocenters. The van der Waals surface area contributed by atoms with Gasteiger partial charge in [0.1, 0.15) is 5.75 Å². The molecule has 31 heavy (non-hydrogen) atoms. The number of carbonyl (C=O) groups is 2. The van der Waals surface area contributed by atoms with E-state index in [1.165, 1.54) is 37.7 Å². The topological polar surface area (TPSA) is 79.1 Å². The van der Waals surface area contributed by atoms with Gasteiger partial charge in [0.2, 0.25) is 11.8 Å². The molecule has 1 aromatic carbocycles. The molecule has 0 aromatic heterocycles. The second-order valence-corrected chi connectivity index (χ2v) is 8.97. The Morgan fingerprint density at radius 1 is 1.03 bits per heavy atom. The Balaban J connectivity index is 1.43. The van der Waals surface area contributed by atoms with Gasteiger partial charge in [-0.2, -0.15) is 0 Å². The highest BCUT2D eigenvalue weighted by molar-refractivity contribution is 5.80. The molecular weight excluding hydrogens is 392 g/mol. The van der Waals surface area contributed by atoms with Crippen LogP contribution in [0.2, 0.25) is 0 Å². The van der Waals surface area contributed by atoms with Crippen molar-refractivity contribution in [3.8, 4) is 5.75 Å². The summed E-state index contributed by atoms with van der Waals surface area (Å²) in [6.45, 7) is 5.26. The lowest BCUT2D eigenvalue weighted by molar-refractivity contribution is -0.134. The minimum atomic E-state index is -0.360. The molecule has 1 heterocycles. The van der Waals surface area contributed by atoms with E-state index >= 15 is 0 Å². The van der Waals surface area contributed by atoms with Crippen molar-refractivity contribution in [1.82, 2.24) is 14.7 Å². The fourth-order valence-electron chi connectivity index (χ4n) is 4.71. The van der Waals surface area contributed by atoms with E-state index in [9.17, 15) is 9.59 Å². The molecule has 2 fully saturated rings. The smallest absolute Gasteiger partial charge is 0.236 e. The van der Waals surface area contributed by atoms with E-state index in [4.69, 9.17) is 10.5 Å². The average Bonchev–Trinajstić information content (AvgIpc) is 2.79. The number of rotatable bonds is 10. The molecule has 7 nitrogen and oxygen atoms in total. The number of piperazine rings is 1. The molecule has 1 saturated heterocycles. The molecule has 1 aliphatic carbocycles. The first-order valence-corrected chi connectivity index (χ1v) is 11.7. The van der Waals surface area contributed by atoms with E-state index in [0.717, 1.165) is 57.4 Å². The third kappa shape index (κ3) is 7.82. The number of nitrogens with two attached hydrogens (primary N) is 1. The van der Waals surface area contributed by atoms with Crippen molar-refractivity contribution in [3.05, 3.63) is 29.8 Å². The van der Waals surface area contributed by atoms with Crippen LogP contribution in [0.15, 0.2) is 24.3 Å².